The highest BCUT2D eigenvalue weighted by molar-refractivity contribution is 7.14. The summed E-state index contributed by atoms with van der Waals surface area (Å²) in [7, 11) is 0. The number of benzene rings is 1. The van der Waals surface area contributed by atoms with Crippen molar-refractivity contribution in [2.45, 2.75) is 25.4 Å². The van der Waals surface area contributed by atoms with E-state index < -0.39 is 0 Å². The maximum absolute atomic E-state index is 9.73. The van der Waals surface area contributed by atoms with Crippen LogP contribution in [0.15, 0.2) is 60.9 Å². The third kappa shape index (κ3) is 4.06. The molecule has 124 valence electrons. The maximum Gasteiger partial charge on any atom is 0.142 e. The molecule has 24 heavy (non-hydrogen) atoms. The molecule has 0 amide bonds. The van der Waals surface area contributed by atoms with Crippen LogP contribution in [-0.4, -0.2) is 27.7 Å². The third-order valence-corrected chi connectivity index (χ3v) is 5.12. The van der Waals surface area contributed by atoms with E-state index in [2.05, 4.69) is 34.3 Å². The summed E-state index contributed by atoms with van der Waals surface area (Å²) in [5, 5.41) is 14.1. The minimum Gasteiger partial charge on any atom is -0.395 e. The standard InChI is InChI=1S/C19H21N3OS/c1-14(15-7-3-2-4-8-15)18(13-23)21-11-16-12-22-19(24-16)17-9-5-6-10-20-17/h2-10,12,14,18,21,23H,11,13H2,1H3/t14-,18-/m0/s1. The first-order valence-corrected chi connectivity index (χ1v) is 8.85. The summed E-state index contributed by atoms with van der Waals surface area (Å²) in [5.41, 5.74) is 2.12. The topological polar surface area (TPSA) is 58.0 Å². The number of hydrogen-bond donors (Lipinski definition) is 2. The van der Waals surface area contributed by atoms with Gasteiger partial charge in [-0.2, -0.15) is 0 Å². The largest absolute Gasteiger partial charge is 0.395 e. The average Bonchev–Trinajstić information content (AvgIpc) is 3.12. The normalized spacial score (nSPS) is 13.6. The minimum absolute atomic E-state index is 0.00722. The molecule has 0 spiro atoms. The number of aromatic nitrogens is 2. The van der Waals surface area contributed by atoms with Gasteiger partial charge in [-0.1, -0.05) is 43.3 Å². The molecule has 1 aromatic carbocycles. The predicted octanol–water partition coefficient (Wildman–Crippen LogP) is 3.46. The van der Waals surface area contributed by atoms with Crippen molar-refractivity contribution in [1.29, 1.82) is 0 Å². The summed E-state index contributed by atoms with van der Waals surface area (Å²) < 4.78 is 0. The van der Waals surface area contributed by atoms with E-state index in [0.29, 0.717) is 6.54 Å². The van der Waals surface area contributed by atoms with Gasteiger partial charge in [-0.25, -0.2) is 4.98 Å². The zero-order valence-corrected chi connectivity index (χ0v) is 14.4. The molecule has 3 rings (SSSR count). The van der Waals surface area contributed by atoms with Crippen molar-refractivity contribution in [3.8, 4) is 10.7 Å². The Balaban J connectivity index is 1.63. The summed E-state index contributed by atoms with van der Waals surface area (Å²) >= 11 is 1.63. The van der Waals surface area contributed by atoms with E-state index in [1.54, 1.807) is 17.5 Å². The van der Waals surface area contributed by atoms with Gasteiger partial charge in [-0.15, -0.1) is 11.3 Å². The molecule has 0 bridgehead atoms. The van der Waals surface area contributed by atoms with Crippen molar-refractivity contribution >= 4 is 11.3 Å². The zero-order valence-electron chi connectivity index (χ0n) is 13.6. The molecule has 0 aliphatic carbocycles. The number of nitrogens with one attached hydrogen (secondary N) is 1. The Labute approximate surface area is 146 Å². The molecule has 0 unspecified atom stereocenters. The summed E-state index contributed by atoms with van der Waals surface area (Å²) in [6, 6.07) is 16.1. The number of thiazole rings is 1. The average molecular weight is 339 g/mol. The second-order valence-corrected chi connectivity index (χ2v) is 6.83. The highest BCUT2D eigenvalue weighted by Crippen LogP contribution is 2.24. The first-order chi connectivity index (χ1) is 11.8. The fourth-order valence-corrected chi connectivity index (χ4v) is 3.46. The quantitative estimate of drug-likeness (QED) is 0.692. The van der Waals surface area contributed by atoms with E-state index in [9.17, 15) is 5.11 Å². The van der Waals surface area contributed by atoms with Gasteiger partial charge in [0.2, 0.25) is 0 Å². The summed E-state index contributed by atoms with van der Waals surface area (Å²) in [6.45, 7) is 2.92. The van der Waals surface area contributed by atoms with Crippen LogP contribution < -0.4 is 5.32 Å². The molecule has 2 aromatic heterocycles. The lowest BCUT2D eigenvalue weighted by Crippen LogP contribution is -2.36. The van der Waals surface area contributed by atoms with Crippen molar-refractivity contribution in [2.75, 3.05) is 6.61 Å². The Morgan fingerprint density at radius 2 is 1.88 bits per heavy atom. The fraction of sp³-hybridized carbons (Fsp3) is 0.263. The van der Waals surface area contributed by atoms with E-state index in [0.717, 1.165) is 15.6 Å². The van der Waals surface area contributed by atoms with Crippen LogP contribution in [0.5, 0.6) is 0 Å². The number of hydrogen-bond acceptors (Lipinski definition) is 5. The molecule has 0 radical (unpaired) electrons. The molecule has 5 heteroatoms. The van der Waals surface area contributed by atoms with Crippen molar-refractivity contribution in [3.05, 3.63) is 71.4 Å². The van der Waals surface area contributed by atoms with Crippen LogP contribution in [0.2, 0.25) is 0 Å². The molecule has 0 saturated carbocycles. The maximum atomic E-state index is 9.73. The van der Waals surface area contributed by atoms with Crippen LogP contribution in [0.1, 0.15) is 23.3 Å². The second-order valence-electron chi connectivity index (χ2n) is 5.72. The van der Waals surface area contributed by atoms with E-state index >= 15 is 0 Å². The van der Waals surface area contributed by atoms with Crippen molar-refractivity contribution < 1.29 is 5.11 Å². The van der Waals surface area contributed by atoms with Crippen molar-refractivity contribution in [3.63, 3.8) is 0 Å². The van der Waals surface area contributed by atoms with Gasteiger partial charge >= 0.3 is 0 Å². The second kappa shape index (κ2) is 8.15. The van der Waals surface area contributed by atoms with E-state index in [1.165, 1.54) is 5.56 Å². The lowest BCUT2D eigenvalue weighted by Gasteiger charge is -2.23. The van der Waals surface area contributed by atoms with Crippen molar-refractivity contribution in [2.24, 2.45) is 0 Å². The number of pyridine rings is 1. The number of nitrogens with zero attached hydrogens (tertiary/aromatic N) is 2. The first-order valence-electron chi connectivity index (χ1n) is 8.03. The third-order valence-electron chi connectivity index (χ3n) is 4.10. The minimum atomic E-state index is 0.00722. The summed E-state index contributed by atoms with van der Waals surface area (Å²) in [4.78, 5) is 9.91. The first kappa shape index (κ1) is 16.8. The molecule has 0 aliphatic heterocycles. The van der Waals surface area contributed by atoms with Crippen LogP contribution >= 0.6 is 11.3 Å². The van der Waals surface area contributed by atoms with Crippen molar-refractivity contribution in [1.82, 2.24) is 15.3 Å². The Kier molecular flexibility index (Phi) is 5.69. The Morgan fingerprint density at radius 1 is 1.08 bits per heavy atom. The molecule has 0 saturated heterocycles. The molecule has 2 heterocycles. The number of rotatable bonds is 7. The molecule has 4 nitrogen and oxygen atoms in total. The number of aliphatic hydroxyl groups excluding tert-OH is 1. The van der Waals surface area contributed by atoms with Crippen LogP contribution in [0, 0.1) is 0 Å². The highest BCUT2D eigenvalue weighted by Gasteiger charge is 2.18. The molecular formula is C19H21N3OS. The molecular weight excluding hydrogens is 318 g/mol. The van der Waals surface area contributed by atoms with Gasteiger partial charge in [0.25, 0.3) is 0 Å². The SMILES string of the molecule is C[C@@H](c1ccccc1)[C@H](CO)NCc1cnc(-c2ccccn2)s1. The van der Waals surface area contributed by atoms with Crippen LogP contribution in [0.4, 0.5) is 0 Å². The summed E-state index contributed by atoms with van der Waals surface area (Å²) in [6.07, 6.45) is 3.65. The van der Waals surface area contributed by atoms with Gasteiger partial charge in [0.1, 0.15) is 5.01 Å². The van der Waals surface area contributed by atoms with Crippen LogP contribution in [0.3, 0.4) is 0 Å². The van der Waals surface area contributed by atoms with Gasteiger partial charge in [-0.3, -0.25) is 4.98 Å². The Morgan fingerprint density at radius 3 is 2.58 bits per heavy atom. The van der Waals surface area contributed by atoms with E-state index in [4.69, 9.17) is 0 Å². The monoisotopic (exact) mass is 339 g/mol. The molecule has 0 aliphatic rings. The Bertz CT molecular complexity index is 746. The van der Waals surface area contributed by atoms with Gasteiger partial charge in [0.05, 0.1) is 12.3 Å². The zero-order chi connectivity index (χ0) is 16.8. The molecule has 0 fully saturated rings. The van der Waals surface area contributed by atoms with Gasteiger partial charge in [0, 0.05) is 29.9 Å². The van der Waals surface area contributed by atoms with E-state index in [-0.39, 0.29) is 18.6 Å². The molecule has 2 N–H and O–H groups in total. The molecule has 3 aromatic rings. The predicted molar refractivity (Wildman–Crippen MR) is 97.9 cm³/mol. The van der Waals surface area contributed by atoms with E-state index in [1.807, 2.05) is 42.6 Å². The number of aliphatic hydroxyl groups is 1. The highest BCUT2D eigenvalue weighted by atomic mass is 32.1. The van der Waals surface area contributed by atoms with Gasteiger partial charge in [-0.05, 0) is 23.6 Å². The smallest absolute Gasteiger partial charge is 0.142 e. The van der Waals surface area contributed by atoms with Gasteiger partial charge < -0.3 is 10.4 Å². The molecule has 2 atom stereocenters. The van der Waals surface area contributed by atoms with Crippen LogP contribution in [-0.2, 0) is 6.54 Å². The van der Waals surface area contributed by atoms with Gasteiger partial charge in [0.15, 0.2) is 0 Å². The lowest BCUT2D eigenvalue weighted by atomic mass is 9.94. The van der Waals surface area contributed by atoms with Crippen LogP contribution in [0.25, 0.3) is 10.7 Å². The Hall–Kier alpha value is -2.08. The lowest BCUT2D eigenvalue weighted by molar-refractivity contribution is 0.226. The summed E-state index contributed by atoms with van der Waals surface area (Å²) in [5.74, 6) is 0.236. The fourth-order valence-electron chi connectivity index (χ4n) is 2.62.